The Labute approximate surface area is 114 Å². The van der Waals surface area contributed by atoms with E-state index in [0.717, 1.165) is 0 Å². The predicted molar refractivity (Wildman–Crippen MR) is 74.6 cm³/mol. The van der Waals surface area contributed by atoms with Crippen LogP contribution >= 0.6 is 11.3 Å². The summed E-state index contributed by atoms with van der Waals surface area (Å²) in [5.74, 6) is 4.74. The van der Waals surface area contributed by atoms with Gasteiger partial charge in [-0.1, -0.05) is 17.9 Å². The number of benzene rings is 1. The standard InChI is InChI=1S/C14H11FN2OS/c15-11-5-6-12(10(9-11)3-1-7-16)17-14(18)13-4-2-8-19-13/h2,4-6,8-9H,7,16H2,(H,17,18). The first-order valence-corrected chi connectivity index (χ1v) is 6.42. The van der Waals surface area contributed by atoms with E-state index in [-0.39, 0.29) is 12.5 Å². The van der Waals surface area contributed by atoms with Crippen LogP contribution in [0.1, 0.15) is 15.2 Å². The van der Waals surface area contributed by atoms with Crippen molar-refractivity contribution in [3.63, 3.8) is 0 Å². The number of rotatable bonds is 2. The number of nitrogens with one attached hydrogen (secondary N) is 1. The lowest BCUT2D eigenvalue weighted by Gasteiger charge is -2.06. The molecular formula is C14H11FN2OS. The van der Waals surface area contributed by atoms with Crippen molar-refractivity contribution in [1.29, 1.82) is 0 Å². The van der Waals surface area contributed by atoms with Crippen LogP contribution in [0.5, 0.6) is 0 Å². The molecule has 0 unspecified atom stereocenters. The van der Waals surface area contributed by atoms with Crippen molar-refractivity contribution < 1.29 is 9.18 Å². The molecule has 0 spiro atoms. The second-order valence-corrected chi connectivity index (χ2v) is 4.57. The molecule has 1 aromatic heterocycles. The minimum absolute atomic E-state index is 0.175. The molecule has 2 rings (SSSR count). The monoisotopic (exact) mass is 274 g/mol. The van der Waals surface area contributed by atoms with Crippen LogP contribution in [0.3, 0.4) is 0 Å². The van der Waals surface area contributed by atoms with Crippen LogP contribution in [0.15, 0.2) is 35.7 Å². The maximum Gasteiger partial charge on any atom is 0.265 e. The number of nitrogens with two attached hydrogens (primary N) is 1. The number of thiophene rings is 1. The van der Waals surface area contributed by atoms with E-state index in [1.54, 1.807) is 12.1 Å². The lowest BCUT2D eigenvalue weighted by atomic mass is 10.1. The summed E-state index contributed by atoms with van der Waals surface area (Å²) in [5, 5.41) is 4.52. The van der Waals surface area contributed by atoms with Crippen LogP contribution in [0.25, 0.3) is 0 Å². The van der Waals surface area contributed by atoms with Crippen LogP contribution in [0.2, 0.25) is 0 Å². The number of hydrogen-bond acceptors (Lipinski definition) is 3. The molecular weight excluding hydrogens is 263 g/mol. The van der Waals surface area contributed by atoms with Crippen LogP contribution in [-0.4, -0.2) is 12.5 Å². The highest BCUT2D eigenvalue weighted by Crippen LogP contribution is 2.18. The molecule has 0 saturated carbocycles. The van der Waals surface area contributed by atoms with Gasteiger partial charge in [-0.05, 0) is 29.6 Å². The largest absolute Gasteiger partial charge is 0.320 e. The van der Waals surface area contributed by atoms with Gasteiger partial charge in [0.25, 0.3) is 5.91 Å². The third-order valence-electron chi connectivity index (χ3n) is 2.30. The minimum Gasteiger partial charge on any atom is -0.320 e. The Kier molecular flexibility index (Phi) is 4.29. The van der Waals surface area contributed by atoms with Crippen molar-refractivity contribution in [3.05, 3.63) is 52.0 Å². The Morgan fingerprint density at radius 3 is 2.95 bits per heavy atom. The lowest BCUT2D eigenvalue weighted by molar-refractivity contribution is 0.103. The van der Waals surface area contributed by atoms with Crippen molar-refractivity contribution in [2.24, 2.45) is 5.73 Å². The molecule has 0 bridgehead atoms. The van der Waals surface area contributed by atoms with E-state index in [4.69, 9.17) is 5.73 Å². The summed E-state index contributed by atoms with van der Waals surface area (Å²) >= 11 is 1.33. The van der Waals surface area contributed by atoms with Gasteiger partial charge in [0, 0.05) is 0 Å². The number of hydrogen-bond donors (Lipinski definition) is 2. The molecule has 0 atom stereocenters. The third-order valence-corrected chi connectivity index (χ3v) is 3.17. The Morgan fingerprint density at radius 1 is 1.42 bits per heavy atom. The zero-order valence-electron chi connectivity index (χ0n) is 9.94. The highest BCUT2D eigenvalue weighted by Gasteiger charge is 2.09. The Morgan fingerprint density at radius 2 is 2.26 bits per heavy atom. The van der Waals surface area contributed by atoms with Crippen molar-refractivity contribution in [2.45, 2.75) is 0 Å². The number of halogens is 1. The molecule has 0 aliphatic heterocycles. The van der Waals surface area contributed by atoms with Crippen LogP contribution in [0, 0.1) is 17.7 Å². The highest BCUT2D eigenvalue weighted by atomic mass is 32.1. The van der Waals surface area contributed by atoms with E-state index in [0.29, 0.717) is 16.1 Å². The van der Waals surface area contributed by atoms with E-state index >= 15 is 0 Å². The summed E-state index contributed by atoms with van der Waals surface area (Å²) in [5.41, 5.74) is 6.18. The molecule has 0 fully saturated rings. The summed E-state index contributed by atoms with van der Waals surface area (Å²) in [7, 11) is 0. The van der Waals surface area contributed by atoms with Crippen LogP contribution in [0.4, 0.5) is 10.1 Å². The fourth-order valence-corrected chi connectivity index (χ4v) is 2.09. The maximum absolute atomic E-state index is 13.2. The topological polar surface area (TPSA) is 55.1 Å². The van der Waals surface area contributed by atoms with Gasteiger partial charge in [0.2, 0.25) is 0 Å². The predicted octanol–water partition coefficient (Wildman–Crippen LogP) is 2.45. The maximum atomic E-state index is 13.2. The smallest absolute Gasteiger partial charge is 0.265 e. The quantitative estimate of drug-likeness (QED) is 0.826. The number of carbonyl (C=O) groups excluding carboxylic acids is 1. The number of carbonyl (C=O) groups is 1. The van der Waals surface area contributed by atoms with Gasteiger partial charge in [-0.2, -0.15) is 0 Å². The fourth-order valence-electron chi connectivity index (χ4n) is 1.47. The van der Waals surface area contributed by atoms with E-state index in [2.05, 4.69) is 17.2 Å². The first kappa shape index (κ1) is 13.3. The Bertz CT molecular complexity index is 641. The first-order chi connectivity index (χ1) is 9.20. The zero-order valence-corrected chi connectivity index (χ0v) is 10.8. The van der Waals surface area contributed by atoms with Crippen LogP contribution in [-0.2, 0) is 0 Å². The molecule has 0 saturated heterocycles. The SMILES string of the molecule is NCC#Cc1cc(F)ccc1NC(=O)c1cccs1. The summed E-state index contributed by atoms with van der Waals surface area (Å²) < 4.78 is 13.2. The Balaban J connectivity index is 2.27. The summed E-state index contributed by atoms with van der Waals surface area (Å²) in [6.07, 6.45) is 0. The molecule has 3 nitrogen and oxygen atoms in total. The van der Waals surface area contributed by atoms with E-state index in [1.807, 2.05) is 5.38 Å². The molecule has 0 radical (unpaired) electrons. The fraction of sp³-hybridized carbons (Fsp3) is 0.0714. The number of amides is 1. The highest BCUT2D eigenvalue weighted by molar-refractivity contribution is 7.12. The van der Waals surface area contributed by atoms with Crippen molar-refractivity contribution >= 4 is 22.9 Å². The van der Waals surface area contributed by atoms with Gasteiger partial charge < -0.3 is 11.1 Å². The molecule has 1 amide bonds. The molecule has 1 aromatic carbocycles. The summed E-state index contributed by atoms with van der Waals surface area (Å²) in [4.78, 5) is 12.5. The average Bonchev–Trinajstić information content (AvgIpc) is 2.93. The van der Waals surface area contributed by atoms with Gasteiger partial charge in [-0.3, -0.25) is 4.79 Å². The van der Waals surface area contributed by atoms with Crippen LogP contribution < -0.4 is 11.1 Å². The molecule has 0 aliphatic rings. The van der Waals surface area contributed by atoms with Crippen molar-refractivity contribution in [3.8, 4) is 11.8 Å². The van der Waals surface area contributed by atoms with Gasteiger partial charge in [0.1, 0.15) is 5.82 Å². The summed E-state index contributed by atoms with van der Waals surface area (Å²) in [6.45, 7) is 0.175. The lowest BCUT2D eigenvalue weighted by Crippen LogP contribution is -2.11. The molecule has 0 aliphatic carbocycles. The minimum atomic E-state index is -0.407. The molecule has 19 heavy (non-hydrogen) atoms. The second kappa shape index (κ2) is 6.14. The van der Waals surface area contributed by atoms with E-state index < -0.39 is 5.82 Å². The van der Waals surface area contributed by atoms with Gasteiger partial charge in [-0.25, -0.2) is 4.39 Å². The van der Waals surface area contributed by atoms with E-state index in [1.165, 1.54) is 29.5 Å². The van der Waals surface area contributed by atoms with Gasteiger partial charge in [0.15, 0.2) is 0 Å². The molecule has 1 heterocycles. The molecule has 2 aromatic rings. The first-order valence-electron chi connectivity index (χ1n) is 5.54. The second-order valence-electron chi connectivity index (χ2n) is 3.63. The van der Waals surface area contributed by atoms with Gasteiger partial charge in [-0.15, -0.1) is 11.3 Å². The van der Waals surface area contributed by atoms with Crippen molar-refractivity contribution in [1.82, 2.24) is 0 Å². The summed E-state index contributed by atoms with van der Waals surface area (Å²) in [6, 6.07) is 7.54. The van der Waals surface area contributed by atoms with Gasteiger partial charge >= 0.3 is 0 Å². The van der Waals surface area contributed by atoms with Crippen molar-refractivity contribution in [2.75, 3.05) is 11.9 Å². The zero-order chi connectivity index (χ0) is 13.7. The third kappa shape index (κ3) is 3.41. The molecule has 3 N–H and O–H groups in total. The molecule has 5 heteroatoms. The number of anilines is 1. The molecule has 96 valence electrons. The van der Waals surface area contributed by atoms with Gasteiger partial charge in [0.05, 0.1) is 22.7 Å². The average molecular weight is 274 g/mol. The normalized spacial score (nSPS) is 9.58. The Hall–Kier alpha value is -2.16. The van der Waals surface area contributed by atoms with E-state index in [9.17, 15) is 9.18 Å².